The van der Waals surface area contributed by atoms with Gasteiger partial charge in [0.1, 0.15) is 0 Å². The van der Waals surface area contributed by atoms with E-state index in [9.17, 15) is 29.9 Å². The quantitative estimate of drug-likeness (QED) is 0.165. The van der Waals surface area contributed by atoms with E-state index in [0.717, 1.165) is 18.2 Å². The van der Waals surface area contributed by atoms with Gasteiger partial charge in [0, 0.05) is 37.0 Å². The Labute approximate surface area is 219 Å². The lowest BCUT2D eigenvalue weighted by Gasteiger charge is -2.00. The van der Waals surface area contributed by atoms with Gasteiger partial charge in [-0.15, -0.1) is 20.5 Å². The molecule has 0 bridgehead atoms. The summed E-state index contributed by atoms with van der Waals surface area (Å²) in [5, 5.41) is 48.4. The van der Waals surface area contributed by atoms with Crippen LogP contribution in [0.4, 0.5) is 17.1 Å². The number of hydrogen-bond acceptors (Lipinski definition) is 8. The number of nitro groups is 1. The lowest BCUT2D eigenvalue weighted by Crippen LogP contribution is -2.02. The molecule has 0 aliphatic rings. The number of aromatic hydroxyl groups is 2. The highest BCUT2D eigenvalue weighted by Gasteiger charge is 2.20. The van der Waals surface area contributed by atoms with E-state index < -0.39 is 22.4 Å². The van der Waals surface area contributed by atoms with Crippen molar-refractivity contribution >= 4 is 50.7 Å². The number of fused-ring (bicyclic) bond motifs is 2. The molecule has 13 heteroatoms. The number of aryl methyl sites for hydroxylation is 2. The van der Waals surface area contributed by atoms with E-state index in [1.54, 1.807) is 62.6 Å². The number of nitrogens with zero attached hydrogens (tertiary/aromatic N) is 7. The number of benzene rings is 3. The zero-order chi connectivity index (χ0) is 27.8. The number of nitro benzene ring substituents is 1. The zero-order valence-electron chi connectivity index (χ0n) is 20.5. The summed E-state index contributed by atoms with van der Waals surface area (Å²) in [5.41, 5.74) is 0.275. The largest absolute Gasteiger partial charge is 0.493 e. The summed E-state index contributed by atoms with van der Waals surface area (Å²) in [5.74, 6) is -2.41. The summed E-state index contributed by atoms with van der Waals surface area (Å²) >= 11 is 0. The third kappa shape index (κ3) is 4.37. The molecule has 0 aliphatic carbocycles. The van der Waals surface area contributed by atoms with Gasteiger partial charge in [0.25, 0.3) is 17.5 Å². The van der Waals surface area contributed by atoms with Gasteiger partial charge < -0.3 is 19.3 Å². The summed E-state index contributed by atoms with van der Waals surface area (Å²) in [7, 11) is 3.23. The molecule has 0 saturated heterocycles. The van der Waals surface area contributed by atoms with Crippen LogP contribution in [0.3, 0.4) is 0 Å². The van der Waals surface area contributed by atoms with Crippen LogP contribution in [-0.2, 0) is 14.1 Å². The average Bonchev–Trinajstić information content (AvgIpc) is 3.34. The van der Waals surface area contributed by atoms with E-state index in [0.29, 0.717) is 21.8 Å². The average molecular weight is 525 g/mol. The summed E-state index contributed by atoms with van der Waals surface area (Å²) in [6.45, 7) is 0. The second-order valence-electron chi connectivity index (χ2n) is 8.53. The molecule has 0 spiro atoms. The number of carbonyl (C=O) groups is 2. The highest BCUT2D eigenvalue weighted by Crippen LogP contribution is 2.39. The number of hydrogen-bond donors (Lipinski definition) is 2. The van der Waals surface area contributed by atoms with Gasteiger partial charge in [-0.2, -0.15) is 0 Å². The fraction of sp³-hybridized carbons (Fsp3) is 0.0769. The summed E-state index contributed by atoms with van der Waals surface area (Å²) in [4.78, 5) is 36.4. The van der Waals surface area contributed by atoms with Crippen LogP contribution >= 0.6 is 0 Å². The first-order valence-electron chi connectivity index (χ1n) is 11.4. The Morgan fingerprint density at radius 2 is 1.15 bits per heavy atom. The standard InChI is InChI=1S/C26H19N7O6/c1-31-19-9-5-3-7-17(19)21(25(31)36)27-29-23(34)14-11-15(13-16(12-14)33(38)39)24(35)30-28-22-18-8-4-6-10-20(18)32(2)26(22)37/h3-13,36-37H,1-2H3. The number of amides is 2. The molecule has 0 saturated carbocycles. The molecule has 194 valence electrons. The van der Waals surface area contributed by atoms with Gasteiger partial charge in [-0.1, -0.05) is 36.4 Å². The Bertz CT molecular complexity index is 1760. The number of non-ortho nitro benzene ring substituents is 1. The molecule has 5 rings (SSSR count). The first-order chi connectivity index (χ1) is 18.7. The zero-order valence-corrected chi connectivity index (χ0v) is 20.5. The van der Waals surface area contributed by atoms with Crippen LogP contribution in [0.15, 0.2) is 87.2 Å². The first-order valence-corrected chi connectivity index (χ1v) is 11.4. The summed E-state index contributed by atoms with van der Waals surface area (Å²) in [6, 6.07) is 16.9. The van der Waals surface area contributed by atoms with Crippen LogP contribution in [0.5, 0.6) is 11.8 Å². The third-order valence-electron chi connectivity index (χ3n) is 6.20. The number of azo groups is 2. The Balaban J connectivity index is 1.48. The fourth-order valence-corrected chi connectivity index (χ4v) is 4.19. The van der Waals surface area contributed by atoms with Gasteiger partial charge in [0.05, 0.1) is 27.1 Å². The van der Waals surface area contributed by atoms with Gasteiger partial charge >= 0.3 is 0 Å². The summed E-state index contributed by atoms with van der Waals surface area (Å²) < 4.78 is 2.94. The molecule has 2 aromatic heterocycles. The van der Waals surface area contributed by atoms with Crippen molar-refractivity contribution in [3.63, 3.8) is 0 Å². The van der Waals surface area contributed by atoms with Gasteiger partial charge in [-0.05, 0) is 18.2 Å². The molecule has 2 heterocycles. The Kier molecular flexibility index (Phi) is 6.16. The molecule has 13 nitrogen and oxygen atoms in total. The molecule has 0 unspecified atom stereocenters. The lowest BCUT2D eigenvalue weighted by atomic mass is 10.1. The van der Waals surface area contributed by atoms with Crippen LogP contribution in [0.1, 0.15) is 20.7 Å². The van der Waals surface area contributed by atoms with E-state index >= 15 is 0 Å². The maximum absolute atomic E-state index is 12.8. The molecule has 0 aliphatic heterocycles. The molecule has 3 aromatic carbocycles. The summed E-state index contributed by atoms with van der Waals surface area (Å²) in [6.07, 6.45) is 0. The predicted octanol–water partition coefficient (Wildman–Crippen LogP) is 5.84. The molecular formula is C26H19N7O6. The van der Waals surface area contributed by atoms with Crippen molar-refractivity contribution in [2.24, 2.45) is 34.6 Å². The normalized spacial score (nSPS) is 11.7. The SMILES string of the molecule is Cn1c(O)c(N=NC(=O)c2cc(C(=O)N=Nc3c(O)n(C)c4ccccc34)cc([N+](=O)[O-])c2)c2ccccc21. The Hall–Kier alpha value is -5.72. The molecule has 0 radical (unpaired) electrons. The van der Waals surface area contributed by atoms with Crippen LogP contribution in [-0.4, -0.2) is 36.1 Å². The van der Waals surface area contributed by atoms with Crippen molar-refractivity contribution in [2.75, 3.05) is 0 Å². The molecule has 0 atom stereocenters. The third-order valence-corrected chi connectivity index (χ3v) is 6.20. The second kappa shape index (κ2) is 9.63. The van der Waals surface area contributed by atoms with E-state index in [2.05, 4.69) is 20.5 Å². The number of rotatable bonds is 5. The fourth-order valence-electron chi connectivity index (χ4n) is 4.19. The van der Waals surface area contributed by atoms with Crippen LogP contribution in [0, 0.1) is 10.1 Å². The predicted molar refractivity (Wildman–Crippen MR) is 140 cm³/mol. The minimum atomic E-state index is -0.983. The highest BCUT2D eigenvalue weighted by molar-refractivity contribution is 6.02. The molecule has 5 aromatic rings. The molecular weight excluding hydrogens is 506 g/mol. The van der Waals surface area contributed by atoms with Crippen molar-refractivity contribution in [1.82, 2.24) is 9.13 Å². The van der Waals surface area contributed by atoms with Gasteiger partial charge in [0.2, 0.25) is 11.8 Å². The van der Waals surface area contributed by atoms with Crippen molar-refractivity contribution < 1.29 is 24.7 Å². The van der Waals surface area contributed by atoms with Gasteiger partial charge in [-0.25, -0.2) is 0 Å². The van der Waals surface area contributed by atoms with E-state index in [4.69, 9.17) is 0 Å². The molecule has 2 amide bonds. The van der Waals surface area contributed by atoms with Crippen LogP contribution < -0.4 is 0 Å². The van der Waals surface area contributed by atoms with E-state index in [-0.39, 0.29) is 34.3 Å². The number of aromatic nitrogens is 2. The van der Waals surface area contributed by atoms with Crippen LogP contribution in [0.2, 0.25) is 0 Å². The molecule has 2 N–H and O–H groups in total. The number of para-hydroxylation sites is 2. The van der Waals surface area contributed by atoms with Gasteiger partial charge in [0.15, 0.2) is 11.4 Å². The van der Waals surface area contributed by atoms with E-state index in [1.807, 2.05) is 0 Å². The van der Waals surface area contributed by atoms with Crippen molar-refractivity contribution in [2.45, 2.75) is 0 Å². The smallest absolute Gasteiger partial charge is 0.295 e. The van der Waals surface area contributed by atoms with Crippen molar-refractivity contribution in [3.8, 4) is 11.8 Å². The minimum absolute atomic E-state index is 0.0480. The minimum Gasteiger partial charge on any atom is -0.493 e. The first kappa shape index (κ1) is 25.0. The Morgan fingerprint density at radius 1 is 0.744 bits per heavy atom. The highest BCUT2D eigenvalue weighted by atomic mass is 16.6. The monoisotopic (exact) mass is 525 g/mol. The van der Waals surface area contributed by atoms with Crippen LogP contribution in [0.25, 0.3) is 21.8 Å². The van der Waals surface area contributed by atoms with Gasteiger partial charge in [-0.3, -0.25) is 19.7 Å². The van der Waals surface area contributed by atoms with Crippen molar-refractivity contribution in [3.05, 3.63) is 88.0 Å². The second-order valence-corrected chi connectivity index (χ2v) is 8.53. The number of carbonyl (C=O) groups excluding carboxylic acids is 2. The maximum Gasteiger partial charge on any atom is 0.295 e. The maximum atomic E-state index is 12.8. The topological polar surface area (TPSA) is 177 Å². The lowest BCUT2D eigenvalue weighted by molar-refractivity contribution is -0.384. The van der Waals surface area contributed by atoms with Crippen molar-refractivity contribution in [1.29, 1.82) is 0 Å². The Morgan fingerprint density at radius 3 is 1.56 bits per heavy atom. The van der Waals surface area contributed by atoms with E-state index in [1.165, 1.54) is 9.13 Å². The molecule has 0 fully saturated rings. The molecule has 39 heavy (non-hydrogen) atoms.